The summed E-state index contributed by atoms with van der Waals surface area (Å²) < 4.78 is 22.3. The van der Waals surface area contributed by atoms with Crippen LogP contribution in [0, 0.1) is 0 Å². The molecule has 9 heteroatoms. The van der Waals surface area contributed by atoms with Crippen molar-refractivity contribution in [3.8, 4) is 23.0 Å². The zero-order chi connectivity index (χ0) is 23.2. The van der Waals surface area contributed by atoms with E-state index in [0.717, 1.165) is 10.0 Å². The Balaban J connectivity index is 2.02. The molecule has 168 valence electrons. The van der Waals surface area contributed by atoms with E-state index in [1.165, 1.54) is 33.5 Å². The predicted molar refractivity (Wildman–Crippen MR) is 120 cm³/mol. The molecule has 0 aliphatic carbocycles. The zero-order valence-corrected chi connectivity index (χ0v) is 20.0. The Morgan fingerprint density at radius 2 is 1.52 bits per heavy atom. The minimum absolute atomic E-state index is 0.170. The van der Waals surface area contributed by atoms with Crippen molar-refractivity contribution in [1.82, 2.24) is 10.9 Å². The fourth-order valence-corrected chi connectivity index (χ4v) is 3.17. The predicted octanol–water partition coefficient (Wildman–Crippen LogP) is 3.61. The summed E-state index contributed by atoms with van der Waals surface area (Å²) in [5.41, 5.74) is 5.70. The average molecular weight is 495 g/mol. The van der Waals surface area contributed by atoms with Crippen molar-refractivity contribution in [2.45, 2.75) is 26.2 Å². The molecule has 2 rings (SSSR count). The number of hydrogen-bond donors (Lipinski definition) is 2. The van der Waals surface area contributed by atoms with E-state index >= 15 is 0 Å². The van der Waals surface area contributed by atoms with Crippen molar-refractivity contribution in [3.05, 3.63) is 45.9 Å². The summed E-state index contributed by atoms with van der Waals surface area (Å²) >= 11 is 3.45. The number of carbonyl (C=O) groups is 2. The van der Waals surface area contributed by atoms with Crippen molar-refractivity contribution in [1.29, 1.82) is 0 Å². The van der Waals surface area contributed by atoms with Crippen molar-refractivity contribution in [2.24, 2.45) is 0 Å². The minimum Gasteiger partial charge on any atom is -0.493 e. The summed E-state index contributed by atoms with van der Waals surface area (Å²) in [4.78, 5) is 24.7. The number of hydrazine groups is 1. The minimum atomic E-state index is -0.549. The molecule has 0 saturated heterocycles. The van der Waals surface area contributed by atoms with Crippen molar-refractivity contribution in [2.75, 3.05) is 27.9 Å². The number of nitrogens with one attached hydrogen (secondary N) is 2. The van der Waals surface area contributed by atoms with E-state index in [-0.39, 0.29) is 17.6 Å². The maximum absolute atomic E-state index is 12.5. The second-order valence-electron chi connectivity index (χ2n) is 7.60. The first kappa shape index (κ1) is 24.3. The van der Waals surface area contributed by atoms with Gasteiger partial charge in [0.05, 0.1) is 21.3 Å². The molecule has 0 spiro atoms. The van der Waals surface area contributed by atoms with E-state index in [0.29, 0.717) is 23.0 Å². The highest BCUT2D eigenvalue weighted by Gasteiger charge is 2.21. The number of benzene rings is 2. The van der Waals surface area contributed by atoms with Gasteiger partial charge in [0, 0.05) is 15.6 Å². The molecule has 0 aliphatic heterocycles. The molecular formula is C22H27BrN2O6. The quantitative estimate of drug-likeness (QED) is 0.570. The van der Waals surface area contributed by atoms with Gasteiger partial charge >= 0.3 is 0 Å². The van der Waals surface area contributed by atoms with Gasteiger partial charge in [-0.2, -0.15) is 0 Å². The number of methoxy groups -OCH3 is 3. The Morgan fingerprint density at radius 3 is 2.03 bits per heavy atom. The van der Waals surface area contributed by atoms with Crippen LogP contribution in [-0.4, -0.2) is 39.8 Å². The Labute approximate surface area is 190 Å². The average Bonchev–Trinajstić information content (AvgIpc) is 2.74. The molecule has 0 radical (unpaired) electrons. The largest absolute Gasteiger partial charge is 0.493 e. The number of amides is 2. The summed E-state index contributed by atoms with van der Waals surface area (Å²) in [7, 11) is 4.37. The summed E-state index contributed by atoms with van der Waals surface area (Å²) in [6, 6.07) is 8.56. The Bertz CT molecular complexity index is 930. The standard InChI is InChI=1S/C22H27BrN2O6/c1-22(2,3)15-11-14(23)7-8-16(15)31-12-19(26)24-25-21(27)13-9-17(28-4)20(30-6)18(10-13)29-5/h7-11H,12H2,1-6H3,(H,24,26)(H,25,27). The van der Waals surface area contributed by atoms with E-state index in [4.69, 9.17) is 18.9 Å². The molecule has 0 unspecified atom stereocenters. The van der Waals surface area contributed by atoms with Crippen LogP contribution in [0.1, 0.15) is 36.7 Å². The van der Waals surface area contributed by atoms with Crippen LogP contribution in [0.4, 0.5) is 0 Å². The molecule has 0 atom stereocenters. The number of hydrogen-bond acceptors (Lipinski definition) is 6. The lowest BCUT2D eigenvalue weighted by Gasteiger charge is -2.23. The SMILES string of the molecule is COc1cc(C(=O)NNC(=O)COc2ccc(Br)cc2C(C)(C)C)cc(OC)c1OC. The van der Waals surface area contributed by atoms with Gasteiger partial charge in [0.15, 0.2) is 18.1 Å². The molecule has 0 heterocycles. The molecule has 0 bridgehead atoms. The molecular weight excluding hydrogens is 468 g/mol. The smallest absolute Gasteiger partial charge is 0.276 e. The molecule has 8 nitrogen and oxygen atoms in total. The molecule has 2 aromatic rings. The summed E-state index contributed by atoms with van der Waals surface area (Å²) in [6.45, 7) is 5.90. The first-order chi connectivity index (χ1) is 14.6. The third kappa shape index (κ3) is 6.27. The van der Waals surface area contributed by atoms with E-state index in [1.54, 1.807) is 6.07 Å². The number of ether oxygens (including phenoxy) is 4. The van der Waals surface area contributed by atoms with E-state index in [9.17, 15) is 9.59 Å². The van der Waals surface area contributed by atoms with Crippen LogP contribution >= 0.6 is 15.9 Å². The summed E-state index contributed by atoms with van der Waals surface area (Å²) in [5.74, 6) is 0.554. The second kappa shape index (κ2) is 10.4. The Kier molecular flexibility index (Phi) is 8.15. The molecule has 2 N–H and O–H groups in total. The van der Waals surface area contributed by atoms with Gasteiger partial charge in [0.2, 0.25) is 5.75 Å². The van der Waals surface area contributed by atoms with Gasteiger partial charge in [-0.1, -0.05) is 36.7 Å². The van der Waals surface area contributed by atoms with E-state index in [1.807, 2.05) is 12.1 Å². The lowest BCUT2D eigenvalue weighted by molar-refractivity contribution is -0.123. The van der Waals surface area contributed by atoms with E-state index in [2.05, 4.69) is 47.6 Å². The monoisotopic (exact) mass is 494 g/mol. The van der Waals surface area contributed by atoms with Gasteiger partial charge in [-0.05, 0) is 35.7 Å². The normalized spacial score (nSPS) is 10.8. The molecule has 2 amide bonds. The number of halogens is 1. The Hall–Kier alpha value is -2.94. The summed E-state index contributed by atoms with van der Waals surface area (Å²) in [5, 5.41) is 0. The van der Waals surface area contributed by atoms with Crippen LogP contribution in [0.3, 0.4) is 0 Å². The van der Waals surface area contributed by atoms with Gasteiger partial charge < -0.3 is 18.9 Å². The van der Waals surface area contributed by atoms with Gasteiger partial charge in [-0.25, -0.2) is 0 Å². The van der Waals surface area contributed by atoms with E-state index < -0.39 is 11.8 Å². The zero-order valence-electron chi connectivity index (χ0n) is 18.4. The molecule has 0 saturated carbocycles. The Morgan fingerprint density at radius 1 is 0.903 bits per heavy atom. The van der Waals surface area contributed by atoms with Crippen LogP contribution < -0.4 is 29.8 Å². The second-order valence-corrected chi connectivity index (χ2v) is 8.51. The third-order valence-electron chi connectivity index (χ3n) is 4.35. The molecule has 0 fully saturated rings. The first-order valence-corrected chi connectivity index (χ1v) is 10.2. The van der Waals surface area contributed by atoms with Gasteiger partial charge in [-0.15, -0.1) is 0 Å². The maximum Gasteiger partial charge on any atom is 0.276 e. The van der Waals surface area contributed by atoms with Gasteiger partial charge in [0.1, 0.15) is 5.75 Å². The highest BCUT2D eigenvalue weighted by Crippen LogP contribution is 2.38. The van der Waals surface area contributed by atoms with Gasteiger partial charge in [-0.3, -0.25) is 20.4 Å². The molecule has 0 aliphatic rings. The summed E-state index contributed by atoms with van der Waals surface area (Å²) in [6.07, 6.45) is 0. The number of rotatable bonds is 7. The third-order valence-corrected chi connectivity index (χ3v) is 4.84. The lowest BCUT2D eigenvalue weighted by Crippen LogP contribution is -2.43. The van der Waals surface area contributed by atoms with Crippen LogP contribution in [0.2, 0.25) is 0 Å². The molecule has 2 aromatic carbocycles. The highest BCUT2D eigenvalue weighted by molar-refractivity contribution is 9.10. The van der Waals surface area contributed by atoms with Crippen LogP contribution in [0.5, 0.6) is 23.0 Å². The van der Waals surface area contributed by atoms with Crippen molar-refractivity contribution in [3.63, 3.8) is 0 Å². The maximum atomic E-state index is 12.5. The highest BCUT2D eigenvalue weighted by atomic mass is 79.9. The fraction of sp³-hybridized carbons (Fsp3) is 0.364. The van der Waals surface area contributed by atoms with Gasteiger partial charge in [0.25, 0.3) is 11.8 Å². The molecule has 0 aromatic heterocycles. The number of carbonyl (C=O) groups excluding carboxylic acids is 2. The van der Waals surface area contributed by atoms with Crippen LogP contribution in [0.15, 0.2) is 34.8 Å². The lowest BCUT2D eigenvalue weighted by atomic mass is 9.86. The van der Waals surface area contributed by atoms with Crippen molar-refractivity contribution < 1.29 is 28.5 Å². The van der Waals surface area contributed by atoms with Crippen LogP contribution in [0.25, 0.3) is 0 Å². The van der Waals surface area contributed by atoms with Crippen LogP contribution in [-0.2, 0) is 10.2 Å². The van der Waals surface area contributed by atoms with Crippen molar-refractivity contribution >= 4 is 27.7 Å². The molecule has 31 heavy (non-hydrogen) atoms. The fourth-order valence-electron chi connectivity index (χ4n) is 2.80. The first-order valence-electron chi connectivity index (χ1n) is 9.42. The topological polar surface area (TPSA) is 95.1 Å².